The minimum Gasteiger partial charge on any atom is -0.363 e. The van der Waals surface area contributed by atoms with Gasteiger partial charge in [0, 0.05) is 25.7 Å². The van der Waals surface area contributed by atoms with E-state index in [1.165, 1.54) is 89.9 Å². The molecule has 0 aromatic carbocycles. The average molecular weight is 483 g/mol. The molecule has 1 heterocycles. The zero-order valence-electron chi connectivity index (χ0n) is 22.1. The van der Waals surface area contributed by atoms with Crippen molar-refractivity contribution in [2.75, 3.05) is 0 Å². The van der Waals surface area contributed by atoms with Crippen molar-refractivity contribution < 1.29 is 18.6 Å². The number of rotatable bonds is 2. The maximum atomic E-state index is 7.10. The largest absolute Gasteiger partial charge is 0.363 e. The van der Waals surface area contributed by atoms with E-state index in [0.29, 0.717) is 0 Å². The van der Waals surface area contributed by atoms with Gasteiger partial charge in [-0.25, -0.2) is 0 Å². The smallest absolute Gasteiger partial charge is 0.342 e. The van der Waals surface area contributed by atoms with Crippen LogP contribution in [0.5, 0.6) is 0 Å². The topological polar surface area (TPSA) is 36.9 Å². The molecule has 33 heavy (non-hydrogen) atoms. The first-order chi connectivity index (χ1) is 16.2. The zero-order valence-corrected chi connectivity index (χ0v) is 23.1. The zero-order chi connectivity index (χ0) is 23.3. The summed E-state index contributed by atoms with van der Waals surface area (Å²) in [6, 6.07) is 1.94. The Morgan fingerprint density at radius 1 is 0.424 bits per heavy atom. The highest BCUT2D eigenvalue weighted by Crippen LogP contribution is 2.44. The van der Waals surface area contributed by atoms with Gasteiger partial charge >= 0.3 is 8.56 Å². The molecule has 1 aliphatic heterocycles. The number of hydrogen-bond donors (Lipinski definition) is 0. The molecular formula is C28H54O4Si. The molecule has 0 amide bonds. The monoisotopic (exact) mass is 482 g/mol. The molecule has 3 rings (SSSR count). The van der Waals surface area contributed by atoms with E-state index < -0.39 is 20.1 Å². The minimum atomic E-state index is -2.43. The Morgan fingerprint density at radius 3 is 0.909 bits per heavy atom. The van der Waals surface area contributed by atoms with Gasteiger partial charge < -0.3 is 8.85 Å². The normalized spacial score (nSPS) is 28.5. The highest BCUT2D eigenvalue weighted by molar-refractivity contribution is 6.67. The Labute approximate surface area is 206 Å². The highest BCUT2D eigenvalue weighted by Gasteiger charge is 2.54. The Bertz CT molecular complexity index is 456. The molecular weight excluding hydrogens is 428 g/mol. The first-order valence-electron chi connectivity index (χ1n) is 14.9. The van der Waals surface area contributed by atoms with Gasteiger partial charge in [0.05, 0.1) is 0 Å². The third-order valence-electron chi connectivity index (χ3n) is 8.40. The minimum absolute atomic E-state index is 0.607. The predicted molar refractivity (Wildman–Crippen MR) is 138 cm³/mol. The van der Waals surface area contributed by atoms with Crippen molar-refractivity contribution in [3.05, 3.63) is 0 Å². The van der Waals surface area contributed by atoms with E-state index in [1.54, 1.807) is 0 Å². The van der Waals surface area contributed by atoms with Crippen molar-refractivity contribution in [3.8, 4) is 0 Å². The SMILES string of the molecule is CC[Si]1(CC)OC2(CCCCCCCCCCC2)OOC2(CCCCCCCCCCC2)O1. The molecule has 1 saturated heterocycles. The predicted octanol–water partition coefficient (Wildman–Crippen LogP) is 9.47. The van der Waals surface area contributed by atoms with E-state index >= 15 is 0 Å². The van der Waals surface area contributed by atoms with Crippen LogP contribution in [-0.2, 0) is 18.6 Å². The molecule has 5 heteroatoms. The van der Waals surface area contributed by atoms with Crippen LogP contribution in [0.4, 0.5) is 0 Å². The maximum Gasteiger partial charge on any atom is 0.342 e. The van der Waals surface area contributed by atoms with Crippen LogP contribution in [0.25, 0.3) is 0 Å². The van der Waals surface area contributed by atoms with Crippen molar-refractivity contribution >= 4 is 8.56 Å². The van der Waals surface area contributed by atoms with Gasteiger partial charge in [-0.05, 0) is 37.8 Å². The Morgan fingerprint density at radius 2 is 0.667 bits per heavy atom. The van der Waals surface area contributed by atoms with Gasteiger partial charge in [-0.2, -0.15) is 9.78 Å². The quantitative estimate of drug-likeness (QED) is 0.290. The molecule has 2 spiro atoms. The summed E-state index contributed by atoms with van der Waals surface area (Å²) in [4.78, 5) is 13.0. The van der Waals surface area contributed by atoms with Gasteiger partial charge in [0.25, 0.3) is 0 Å². The second-order valence-electron chi connectivity index (χ2n) is 11.2. The first kappa shape index (κ1) is 27.6. The second kappa shape index (κ2) is 14.6. The molecule has 0 N–H and O–H groups in total. The lowest BCUT2D eigenvalue weighted by Gasteiger charge is -2.39. The van der Waals surface area contributed by atoms with Crippen LogP contribution in [-0.4, -0.2) is 20.1 Å². The van der Waals surface area contributed by atoms with Gasteiger partial charge in [-0.15, -0.1) is 0 Å². The van der Waals surface area contributed by atoms with Crippen molar-refractivity contribution in [2.45, 2.75) is 179 Å². The van der Waals surface area contributed by atoms with Gasteiger partial charge in [0.1, 0.15) is 0 Å². The van der Waals surface area contributed by atoms with E-state index in [2.05, 4.69) is 13.8 Å². The lowest BCUT2D eigenvalue weighted by molar-refractivity contribution is -0.472. The third kappa shape index (κ3) is 8.90. The Balaban J connectivity index is 1.80. The van der Waals surface area contributed by atoms with Crippen LogP contribution in [0.15, 0.2) is 0 Å². The van der Waals surface area contributed by atoms with E-state index in [4.69, 9.17) is 18.6 Å². The summed E-state index contributed by atoms with van der Waals surface area (Å²) in [6.07, 6.45) is 27.2. The lowest BCUT2D eigenvalue weighted by Crippen LogP contribution is -2.52. The fraction of sp³-hybridized carbons (Fsp3) is 1.00. The van der Waals surface area contributed by atoms with E-state index in [9.17, 15) is 0 Å². The molecule has 0 aromatic rings. The highest BCUT2D eigenvalue weighted by atomic mass is 28.4. The summed E-state index contributed by atoms with van der Waals surface area (Å²) in [7, 11) is -2.43. The molecule has 0 atom stereocenters. The Hall–Kier alpha value is 0.0569. The van der Waals surface area contributed by atoms with Crippen LogP contribution in [0.3, 0.4) is 0 Å². The fourth-order valence-electron chi connectivity index (χ4n) is 6.10. The van der Waals surface area contributed by atoms with Gasteiger partial charge in [-0.3, -0.25) is 0 Å². The molecule has 2 saturated carbocycles. The summed E-state index contributed by atoms with van der Waals surface area (Å²) in [5.74, 6) is -1.21. The van der Waals surface area contributed by atoms with Crippen LogP contribution in [0.1, 0.15) is 155 Å². The summed E-state index contributed by atoms with van der Waals surface area (Å²) in [5.41, 5.74) is 0. The molecule has 4 nitrogen and oxygen atoms in total. The van der Waals surface area contributed by atoms with Crippen LogP contribution < -0.4 is 0 Å². The van der Waals surface area contributed by atoms with Crippen LogP contribution in [0, 0.1) is 0 Å². The van der Waals surface area contributed by atoms with Crippen molar-refractivity contribution in [1.29, 1.82) is 0 Å². The van der Waals surface area contributed by atoms with Crippen LogP contribution >= 0.6 is 0 Å². The van der Waals surface area contributed by atoms with E-state index in [1.807, 2.05) is 0 Å². The van der Waals surface area contributed by atoms with Gasteiger partial charge in [-0.1, -0.05) is 104 Å². The summed E-state index contributed by atoms with van der Waals surface area (Å²) >= 11 is 0. The summed E-state index contributed by atoms with van der Waals surface area (Å²) < 4.78 is 14.2. The first-order valence-corrected chi connectivity index (χ1v) is 17.2. The maximum absolute atomic E-state index is 7.10. The van der Waals surface area contributed by atoms with Crippen LogP contribution in [0.2, 0.25) is 12.1 Å². The molecule has 3 aliphatic rings. The summed E-state index contributed by atoms with van der Waals surface area (Å²) in [5, 5.41) is 0. The van der Waals surface area contributed by atoms with Gasteiger partial charge in [0.15, 0.2) is 11.6 Å². The van der Waals surface area contributed by atoms with Crippen molar-refractivity contribution in [3.63, 3.8) is 0 Å². The molecule has 2 aliphatic carbocycles. The third-order valence-corrected chi connectivity index (χ3v) is 12.0. The molecule has 0 aromatic heterocycles. The number of hydrogen-bond acceptors (Lipinski definition) is 4. The van der Waals surface area contributed by atoms with Crippen molar-refractivity contribution in [2.24, 2.45) is 0 Å². The molecule has 194 valence electrons. The van der Waals surface area contributed by atoms with Gasteiger partial charge in [0.2, 0.25) is 0 Å². The lowest BCUT2D eigenvalue weighted by atomic mass is 9.97. The van der Waals surface area contributed by atoms with Crippen molar-refractivity contribution in [1.82, 2.24) is 0 Å². The second-order valence-corrected chi connectivity index (χ2v) is 14.8. The molecule has 3 fully saturated rings. The fourth-order valence-corrected chi connectivity index (χ4v) is 9.05. The Kier molecular flexibility index (Phi) is 12.2. The van der Waals surface area contributed by atoms with E-state index in [-0.39, 0.29) is 0 Å². The average Bonchev–Trinajstić information content (AvgIpc) is 2.95. The molecule has 0 unspecified atom stereocenters. The van der Waals surface area contributed by atoms with E-state index in [0.717, 1.165) is 63.5 Å². The molecule has 0 radical (unpaired) electrons. The standard InChI is InChI=1S/C28H54O4Si/c1-3-33(4-2)31-27(23-19-15-11-7-5-8-12-16-20-24-27)29-30-28(32-33)25-21-17-13-9-6-10-14-18-22-26-28/h3-26H2,1-2H3. The summed E-state index contributed by atoms with van der Waals surface area (Å²) in [6.45, 7) is 4.54. The molecule has 0 bridgehead atoms.